The number of carbonyl (C=O) groups is 1. The maximum Gasteiger partial charge on any atom is 0.226 e. The predicted octanol–water partition coefficient (Wildman–Crippen LogP) is 4.33. The minimum absolute atomic E-state index is 0.0306. The molecule has 1 aromatic rings. The van der Waals surface area contributed by atoms with Crippen LogP contribution in [0.15, 0.2) is 24.3 Å². The fourth-order valence-corrected chi connectivity index (χ4v) is 2.56. The van der Waals surface area contributed by atoms with E-state index in [1.54, 1.807) is 0 Å². The Morgan fingerprint density at radius 3 is 2.28 bits per heavy atom. The lowest BCUT2D eigenvalue weighted by atomic mass is 9.84. The number of rotatable bonds is 3. The molecule has 1 amide bonds. The van der Waals surface area contributed by atoms with Gasteiger partial charge in [0.1, 0.15) is 0 Å². The molecule has 0 aromatic heterocycles. The summed E-state index contributed by atoms with van der Waals surface area (Å²) in [6.07, 6.45) is 6.74. The first kappa shape index (κ1) is 13.1. The van der Waals surface area contributed by atoms with Gasteiger partial charge < -0.3 is 5.32 Å². The zero-order valence-electron chi connectivity index (χ0n) is 11.4. The average molecular weight is 245 g/mol. The quantitative estimate of drug-likeness (QED) is 0.843. The lowest BCUT2D eigenvalue weighted by Gasteiger charge is -2.22. The number of carbonyl (C=O) groups excluding carboxylic acids is 1. The van der Waals surface area contributed by atoms with E-state index in [1.807, 2.05) is 26.0 Å². The molecule has 98 valence electrons. The third-order valence-electron chi connectivity index (χ3n) is 3.78. The first-order chi connectivity index (χ1) is 8.66. The Bertz CT molecular complexity index is 388. The Balaban J connectivity index is 1.98. The van der Waals surface area contributed by atoms with Gasteiger partial charge in [-0.1, -0.05) is 45.2 Å². The zero-order chi connectivity index (χ0) is 13.0. The van der Waals surface area contributed by atoms with Gasteiger partial charge in [0, 0.05) is 11.6 Å². The van der Waals surface area contributed by atoms with E-state index in [0.29, 0.717) is 0 Å². The van der Waals surface area contributed by atoms with Gasteiger partial charge in [0.05, 0.1) is 0 Å². The standard InChI is InChI=1S/C16H23NO/c1-12(2)16(18)17-15-10-8-14(9-11-15)13-6-4-3-5-7-13/h8-13H,3-7H2,1-2H3,(H,17,18). The van der Waals surface area contributed by atoms with Crippen LogP contribution in [-0.2, 0) is 4.79 Å². The Kier molecular flexibility index (Phi) is 4.40. The van der Waals surface area contributed by atoms with Crippen molar-refractivity contribution in [1.29, 1.82) is 0 Å². The third-order valence-corrected chi connectivity index (χ3v) is 3.78. The highest BCUT2D eigenvalue weighted by molar-refractivity contribution is 5.92. The number of hydrogen-bond acceptors (Lipinski definition) is 1. The van der Waals surface area contributed by atoms with Gasteiger partial charge in [0.15, 0.2) is 0 Å². The highest BCUT2D eigenvalue weighted by atomic mass is 16.1. The summed E-state index contributed by atoms with van der Waals surface area (Å²) in [4.78, 5) is 11.6. The van der Waals surface area contributed by atoms with Crippen molar-refractivity contribution < 1.29 is 4.79 Å². The maximum atomic E-state index is 11.6. The lowest BCUT2D eigenvalue weighted by Crippen LogP contribution is -2.17. The van der Waals surface area contributed by atoms with Crippen molar-refractivity contribution in [2.75, 3.05) is 5.32 Å². The Hall–Kier alpha value is -1.31. The van der Waals surface area contributed by atoms with Crippen LogP contribution in [0, 0.1) is 5.92 Å². The van der Waals surface area contributed by atoms with Crippen LogP contribution in [0.1, 0.15) is 57.4 Å². The van der Waals surface area contributed by atoms with Crippen LogP contribution in [0.4, 0.5) is 5.69 Å². The summed E-state index contributed by atoms with van der Waals surface area (Å²) in [6, 6.07) is 8.41. The van der Waals surface area contributed by atoms with Crippen LogP contribution in [0.2, 0.25) is 0 Å². The summed E-state index contributed by atoms with van der Waals surface area (Å²) < 4.78 is 0. The minimum atomic E-state index is 0.0306. The van der Waals surface area contributed by atoms with Gasteiger partial charge in [-0.2, -0.15) is 0 Å². The highest BCUT2D eigenvalue weighted by Crippen LogP contribution is 2.32. The molecule has 1 N–H and O–H groups in total. The molecule has 1 aromatic carbocycles. The van der Waals surface area contributed by atoms with E-state index in [9.17, 15) is 4.79 Å². The minimum Gasteiger partial charge on any atom is -0.326 e. The second-order valence-electron chi connectivity index (χ2n) is 5.60. The van der Waals surface area contributed by atoms with E-state index in [1.165, 1.54) is 37.7 Å². The molecule has 0 heterocycles. The van der Waals surface area contributed by atoms with Crippen molar-refractivity contribution in [3.8, 4) is 0 Å². The summed E-state index contributed by atoms with van der Waals surface area (Å²) in [6.45, 7) is 3.82. The lowest BCUT2D eigenvalue weighted by molar-refractivity contribution is -0.118. The summed E-state index contributed by atoms with van der Waals surface area (Å²) in [5, 5.41) is 2.93. The van der Waals surface area contributed by atoms with E-state index >= 15 is 0 Å². The number of amides is 1. The molecule has 0 unspecified atom stereocenters. The molecule has 0 aliphatic heterocycles. The molecule has 0 spiro atoms. The number of benzene rings is 1. The van der Waals surface area contributed by atoms with E-state index in [2.05, 4.69) is 17.4 Å². The van der Waals surface area contributed by atoms with Crippen LogP contribution in [-0.4, -0.2) is 5.91 Å². The molecule has 0 saturated heterocycles. The molecule has 1 aliphatic rings. The van der Waals surface area contributed by atoms with Crippen LogP contribution < -0.4 is 5.32 Å². The second kappa shape index (κ2) is 6.03. The molecule has 0 radical (unpaired) electrons. The van der Waals surface area contributed by atoms with Crippen LogP contribution in [0.5, 0.6) is 0 Å². The molecule has 0 bridgehead atoms. The number of anilines is 1. The largest absolute Gasteiger partial charge is 0.326 e. The van der Waals surface area contributed by atoms with Crippen LogP contribution in [0.25, 0.3) is 0 Å². The normalized spacial score (nSPS) is 16.8. The summed E-state index contributed by atoms with van der Waals surface area (Å²) >= 11 is 0. The number of hydrogen-bond donors (Lipinski definition) is 1. The van der Waals surface area contributed by atoms with Gasteiger partial charge in [-0.25, -0.2) is 0 Å². The molecule has 2 rings (SSSR count). The SMILES string of the molecule is CC(C)C(=O)Nc1ccc(C2CCCCC2)cc1. The first-order valence-corrected chi connectivity index (χ1v) is 7.07. The summed E-state index contributed by atoms with van der Waals surface area (Å²) in [5.74, 6) is 0.844. The summed E-state index contributed by atoms with van der Waals surface area (Å²) in [7, 11) is 0. The average Bonchev–Trinajstić information content (AvgIpc) is 2.40. The zero-order valence-corrected chi connectivity index (χ0v) is 11.4. The molecule has 1 aliphatic carbocycles. The predicted molar refractivity (Wildman–Crippen MR) is 75.7 cm³/mol. The Morgan fingerprint density at radius 2 is 1.72 bits per heavy atom. The second-order valence-corrected chi connectivity index (χ2v) is 5.60. The first-order valence-electron chi connectivity index (χ1n) is 7.07. The van der Waals surface area contributed by atoms with E-state index in [0.717, 1.165) is 11.6 Å². The van der Waals surface area contributed by atoms with E-state index < -0.39 is 0 Å². The molecule has 1 fully saturated rings. The van der Waals surface area contributed by atoms with E-state index in [4.69, 9.17) is 0 Å². The van der Waals surface area contributed by atoms with Crippen molar-refractivity contribution in [2.45, 2.75) is 51.9 Å². The maximum absolute atomic E-state index is 11.6. The van der Waals surface area contributed by atoms with Gasteiger partial charge in [-0.15, -0.1) is 0 Å². The van der Waals surface area contributed by atoms with Crippen molar-refractivity contribution in [3.05, 3.63) is 29.8 Å². The van der Waals surface area contributed by atoms with Gasteiger partial charge in [-0.3, -0.25) is 4.79 Å². The van der Waals surface area contributed by atoms with Crippen molar-refractivity contribution in [1.82, 2.24) is 0 Å². The molecule has 0 atom stereocenters. The molecule has 2 nitrogen and oxygen atoms in total. The number of nitrogens with one attached hydrogen (secondary N) is 1. The van der Waals surface area contributed by atoms with Crippen molar-refractivity contribution in [3.63, 3.8) is 0 Å². The van der Waals surface area contributed by atoms with Gasteiger partial charge >= 0.3 is 0 Å². The summed E-state index contributed by atoms with van der Waals surface area (Å²) in [5.41, 5.74) is 2.34. The molecule has 1 saturated carbocycles. The van der Waals surface area contributed by atoms with E-state index in [-0.39, 0.29) is 11.8 Å². The van der Waals surface area contributed by atoms with Crippen LogP contribution >= 0.6 is 0 Å². The molecular weight excluding hydrogens is 222 g/mol. The topological polar surface area (TPSA) is 29.1 Å². The van der Waals surface area contributed by atoms with Crippen LogP contribution in [0.3, 0.4) is 0 Å². The monoisotopic (exact) mass is 245 g/mol. The van der Waals surface area contributed by atoms with Crippen molar-refractivity contribution >= 4 is 11.6 Å². The smallest absolute Gasteiger partial charge is 0.226 e. The third kappa shape index (κ3) is 3.34. The molecule has 2 heteroatoms. The Morgan fingerprint density at radius 1 is 1.11 bits per heavy atom. The van der Waals surface area contributed by atoms with Gasteiger partial charge in [0.2, 0.25) is 5.91 Å². The fraction of sp³-hybridized carbons (Fsp3) is 0.562. The Labute approximate surface area is 110 Å². The molecule has 18 heavy (non-hydrogen) atoms. The van der Waals surface area contributed by atoms with Crippen molar-refractivity contribution in [2.24, 2.45) is 5.92 Å². The van der Waals surface area contributed by atoms with Gasteiger partial charge in [0.25, 0.3) is 0 Å². The highest BCUT2D eigenvalue weighted by Gasteiger charge is 2.15. The fourth-order valence-electron chi connectivity index (χ4n) is 2.56. The molecular formula is C16H23NO. The van der Waals surface area contributed by atoms with Gasteiger partial charge in [-0.05, 0) is 36.5 Å².